The quantitative estimate of drug-likeness (QED) is 0.588. The first-order chi connectivity index (χ1) is 12.4. The fourth-order valence-electron chi connectivity index (χ4n) is 2.69. The average Bonchev–Trinajstić information content (AvgIpc) is 2.83. The maximum absolute atomic E-state index is 6.08. The third-order valence-corrected chi connectivity index (χ3v) is 4.31. The van der Waals surface area contributed by atoms with Gasteiger partial charge in [-0.05, 0) is 56.6 Å². The number of nitrogens with zero attached hydrogens (tertiary/aromatic N) is 2. The Balaban J connectivity index is 2.08. The van der Waals surface area contributed by atoms with E-state index < -0.39 is 0 Å². The summed E-state index contributed by atoms with van der Waals surface area (Å²) in [4.78, 5) is 0. The highest BCUT2D eigenvalue weighted by Gasteiger charge is 2.08. The lowest BCUT2D eigenvalue weighted by Gasteiger charge is -2.13. The van der Waals surface area contributed by atoms with Crippen molar-refractivity contribution in [3.8, 4) is 0 Å². The monoisotopic (exact) mass is 351 g/mol. The minimum atomic E-state index is -0.0863. The van der Waals surface area contributed by atoms with E-state index in [1.807, 2.05) is 42.8 Å². The minimum absolute atomic E-state index is 0.0863. The molecule has 0 fully saturated rings. The molecule has 0 amide bonds. The second-order valence-electron chi connectivity index (χ2n) is 6.56. The molecule has 0 aliphatic heterocycles. The van der Waals surface area contributed by atoms with Crippen LogP contribution in [0.25, 0.3) is 0 Å². The van der Waals surface area contributed by atoms with Gasteiger partial charge in [-0.25, -0.2) is 0 Å². The summed E-state index contributed by atoms with van der Waals surface area (Å²) in [7, 11) is 0. The summed E-state index contributed by atoms with van der Waals surface area (Å²) in [6.45, 7) is 13.2. The van der Waals surface area contributed by atoms with E-state index in [1.54, 1.807) is 6.08 Å². The molecule has 1 aliphatic rings. The van der Waals surface area contributed by atoms with Crippen LogP contribution in [-0.2, 0) is 11.3 Å². The number of aryl methyl sites for hydroxylation is 2. The molecule has 0 spiro atoms. The topological polar surface area (TPSA) is 53.1 Å². The summed E-state index contributed by atoms with van der Waals surface area (Å²) in [6, 6.07) is 1.98. The number of ether oxygens (including phenoxy) is 1. The van der Waals surface area contributed by atoms with Crippen LogP contribution >= 0.6 is 0 Å². The van der Waals surface area contributed by atoms with E-state index in [4.69, 9.17) is 10.5 Å². The van der Waals surface area contributed by atoms with Gasteiger partial charge in [0.05, 0.1) is 12.2 Å². The summed E-state index contributed by atoms with van der Waals surface area (Å²) in [5.41, 5.74) is 11.5. The van der Waals surface area contributed by atoms with Crippen LogP contribution in [0.4, 0.5) is 0 Å². The van der Waals surface area contributed by atoms with E-state index in [9.17, 15) is 0 Å². The number of allylic oxidation sites excluding steroid dienone is 6. The van der Waals surface area contributed by atoms with Gasteiger partial charge in [0.1, 0.15) is 12.4 Å². The van der Waals surface area contributed by atoms with Gasteiger partial charge in [-0.3, -0.25) is 4.68 Å². The molecule has 1 atom stereocenters. The van der Waals surface area contributed by atoms with Crippen LogP contribution in [0.15, 0.2) is 77.7 Å². The standard InChI is InChI=1S/C22H29N3O/c1-6-16(2)22(11-8-12-25-19(5)13-18(4)24-25)26-15-20-14-21(23)10-7-9-17(20)3/h6-11,13-14,21H,1,12,15,23H2,2-5H3/b11-8-,22-16+. The molecule has 1 aromatic heterocycles. The number of hydrogen-bond acceptors (Lipinski definition) is 3. The van der Waals surface area contributed by atoms with Crippen LogP contribution in [0.3, 0.4) is 0 Å². The normalized spacial score (nSPS) is 18.3. The van der Waals surface area contributed by atoms with E-state index in [1.165, 1.54) is 0 Å². The van der Waals surface area contributed by atoms with E-state index in [2.05, 4.69) is 43.7 Å². The number of nitrogens with two attached hydrogens (primary N) is 1. The molecule has 0 saturated carbocycles. The lowest BCUT2D eigenvalue weighted by atomic mass is 10.1. The molecule has 0 saturated heterocycles. The minimum Gasteiger partial charge on any atom is -0.489 e. The molecule has 26 heavy (non-hydrogen) atoms. The third kappa shape index (κ3) is 5.46. The van der Waals surface area contributed by atoms with Gasteiger partial charge in [-0.15, -0.1) is 0 Å². The molecule has 1 heterocycles. The molecule has 4 heteroatoms. The lowest BCUT2D eigenvalue weighted by molar-refractivity contribution is 0.251. The van der Waals surface area contributed by atoms with Crippen molar-refractivity contribution in [1.82, 2.24) is 9.78 Å². The SMILES string of the molecule is C=C/C(C)=C(\C=C/Cn1nc(C)cc1C)OCC1=CC(N)C=CC=C1C. The predicted molar refractivity (Wildman–Crippen MR) is 109 cm³/mol. The molecule has 0 aromatic carbocycles. The third-order valence-electron chi connectivity index (χ3n) is 4.31. The Bertz CT molecular complexity index is 803. The van der Waals surface area contributed by atoms with Crippen molar-refractivity contribution in [2.75, 3.05) is 6.61 Å². The lowest BCUT2D eigenvalue weighted by Crippen LogP contribution is -2.14. The number of aromatic nitrogens is 2. The molecular formula is C22H29N3O. The summed E-state index contributed by atoms with van der Waals surface area (Å²) in [5.74, 6) is 0.806. The summed E-state index contributed by atoms with van der Waals surface area (Å²) in [5, 5.41) is 4.47. The smallest absolute Gasteiger partial charge is 0.122 e. The van der Waals surface area contributed by atoms with Crippen molar-refractivity contribution < 1.29 is 4.74 Å². The first-order valence-electron chi connectivity index (χ1n) is 8.86. The summed E-state index contributed by atoms with van der Waals surface area (Å²) in [6.07, 6.45) is 13.9. The van der Waals surface area contributed by atoms with Gasteiger partial charge in [-0.1, -0.05) is 43.0 Å². The van der Waals surface area contributed by atoms with E-state index >= 15 is 0 Å². The van der Waals surface area contributed by atoms with Gasteiger partial charge in [0.15, 0.2) is 0 Å². The van der Waals surface area contributed by atoms with Gasteiger partial charge in [-0.2, -0.15) is 5.10 Å². The van der Waals surface area contributed by atoms with Gasteiger partial charge in [0.25, 0.3) is 0 Å². The van der Waals surface area contributed by atoms with Crippen molar-refractivity contribution in [3.05, 3.63) is 89.0 Å². The average molecular weight is 351 g/mol. The maximum atomic E-state index is 6.08. The first-order valence-corrected chi connectivity index (χ1v) is 8.86. The zero-order valence-corrected chi connectivity index (χ0v) is 16.2. The van der Waals surface area contributed by atoms with Gasteiger partial charge >= 0.3 is 0 Å². The molecule has 4 nitrogen and oxygen atoms in total. The highest BCUT2D eigenvalue weighted by atomic mass is 16.5. The largest absolute Gasteiger partial charge is 0.489 e. The van der Waals surface area contributed by atoms with E-state index in [0.29, 0.717) is 13.2 Å². The van der Waals surface area contributed by atoms with Crippen molar-refractivity contribution in [1.29, 1.82) is 0 Å². The molecule has 0 radical (unpaired) electrons. The van der Waals surface area contributed by atoms with Crippen molar-refractivity contribution in [2.24, 2.45) is 5.73 Å². The molecule has 138 valence electrons. The molecular weight excluding hydrogens is 322 g/mol. The summed E-state index contributed by atoms with van der Waals surface area (Å²) < 4.78 is 8.05. The summed E-state index contributed by atoms with van der Waals surface area (Å²) >= 11 is 0. The second kappa shape index (κ2) is 9.20. The van der Waals surface area contributed by atoms with E-state index in [0.717, 1.165) is 33.9 Å². The van der Waals surface area contributed by atoms with Gasteiger partial charge in [0.2, 0.25) is 0 Å². The Morgan fingerprint density at radius 2 is 2.15 bits per heavy atom. The van der Waals surface area contributed by atoms with Gasteiger partial charge < -0.3 is 10.5 Å². The maximum Gasteiger partial charge on any atom is 0.122 e. The van der Waals surface area contributed by atoms with Crippen LogP contribution < -0.4 is 5.73 Å². The fraction of sp³-hybridized carbons (Fsp3) is 0.318. The Morgan fingerprint density at radius 3 is 2.81 bits per heavy atom. The van der Waals surface area contributed by atoms with Crippen LogP contribution in [0, 0.1) is 13.8 Å². The number of hydrogen-bond donors (Lipinski definition) is 1. The molecule has 1 aliphatic carbocycles. The zero-order valence-electron chi connectivity index (χ0n) is 16.2. The van der Waals surface area contributed by atoms with Crippen LogP contribution in [0.2, 0.25) is 0 Å². The Kier molecular flexibility index (Phi) is 6.98. The zero-order chi connectivity index (χ0) is 19.1. The second-order valence-corrected chi connectivity index (χ2v) is 6.56. The van der Waals surface area contributed by atoms with Crippen molar-refractivity contribution >= 4 is 0 Å². The Hall–Kier alpha value is -2.59. The molecule has 0 bridgehead atoms. The Morgan fingerprint density at radius 1 is 1.38 bits per heavy atom. The van der Waals surface area contributed by atoms with E-state index in [-0.39, 0.29) is 6.04 Å². The molecule has 2 N–H and O–H groups in total. The first kappa shape index (κ1) is 19.7. The molecule has 1 unspecified atom stereocenters. The molecule has 1 aromatic rings. The van der Waals surface area contributed by atoms with Gasteiger partial charge in [0, 0.05) is 11.7 Å². The predicted octanol–water partition coefficient (Wildman–Crippen LogP) is 4.30. The number of rotatable bonds is 7. The van der Waals surface area contributed by atoms with Crippen molar-refractivity contribution in [2.45, 2.75) is 40.3 Å². The fourth-order valence-corrected chi connectivity index (χ4v) is 2.69. The highest BCUT2D eigenvalue weighted by Crippen LogP contribution is 2.18. The van der Waals surface area contributed by atoms with Crippen LogP contribution in [-0.4, -0.2) is 22.4 Å². The van der Waals surface area contributed by atoms with Crippen LogP contribution in [0.5, 0.6) is 0 Å². The highest BCUT2D eigenvalue weighted by molar-refractivity contribution is 5.38. The van der Waals surface area contributed by atoms with Crippen molar-refractivity contribution in [3.63, 3.8) is 0 Å². The molecule has 2 rings (SSSR count). The van der Waals surface area contributed by atoms with Crippen LogP contribution in [0.1, 0.15) is 25.2 Å². The Labute approximate surface area is 156 Å².